The van der Waals surface area contributed by atoms with Crippen LogP contribution in [0.1, 0.15) is 36.4 Å². The number of hydrogen-bond donors (Lipinski definition) is 1. The number of terminal acetylenes is 1. The summed E-state index contributed by atoms with van der Waals surface area (Å²) >= 11 is 0. The van der Waals surface area contributed by atoms with E-state index in [0.717, 1.165) is 13.0 Å². The minimum atomic E-state index is 0.493. The first-order chi connectivity index (χ1) is 7.79. The van der Waals surface area contributed by atoms with E-state index in [1.54, 1.807) is 0 Å². The van der Waals surface area contributed by atoms with Gasteiger partial charge in [0.05, 0.1) is 0 Å². The van der Waals surface area contributed by atoms with Crippen LogP contribution in [0.3, 0.4) is 0 Å². The molecule has 0 aromatic heterocycles. The van der Waals surface area contributed by atoms with Crippen LogP contribution in [0.15, 0.2) is 24.3 Å². The molecule has 2 atom stereocenters. The summed E-state index contributed by atoms with van der Waals surface area (Å²) in [6, 6.07) is 9.31. The fourth-order valence-electron chi connectivity index (χ4n) is 2.40. The first kappa shape index (κ1) is 11.2. The molecule has 16 heavy (non-hydrogen) atoms. The highest BCUT2D eigenvalue weighted by Gasteiger charge is 2.21. The summed E-state index contributed by atoms with van der Waals surface area (Å²) < 4.78 is 0. The van der Waals surface area contributed by atoms with Crippen molar-refractivity contribution in [2.24, 2.45) is 5.92 Å². The highest BCUT2D eigenvalue weighted by atomic mass is 14.9. The van der Waals surface area contributed by atoms with Crippen molar-refractivity contribution in [1.29, 1.82) is 0 Å². The number of nitrogens with one attached hydrogen (secondary N) is 1. The van der Waals surface area contributed by atoms with Crippen LogP contribution < -0.4 is 5.32 Å². The molecule has 1 N–H and O–H groups in total. The molecule has 1 heteroatoms. The number of rotatable bonds is 2. The van der Waals surface area contributed by atoms with Crippen molar-refractivity contribution >= 4 is 0 Å². The Bertz CT molecular complexity index is 371. The van der Waals surface area contributed by atoms with E-state index >= 15 is 0 Å². The van der Waals surface area contributed by atoms with Crippen LogP contribution in [0.4, 0.5) is 0 Å². The van der Waals surface area contributed by atoms with Gasteiger partial charge in [0.25, 0.3) is 0 Å². The van der Waals surface area contributed by atoms with Crippen molar-refractivity contribution in [3.63, 3.8) is 0 Å². The fourth-order valence-corrected chi connectivity index (χ4v) is 2.40. The van der Waals surface area contributed by atoms with Gasteiger partial charge >= 0.3 is 0 Å². The lowest BCUT2D eigenvalue weighted by Crippen LogP contribution is -2.31. The van der Waals surface area contributed by atoms with Gasteiger partial charge in [0.15, 0.2) is 0 Å². The van der Waals surface area contributed by atoms with Gasteiger partial charge in [-0.15, -0.1) is 12.3 Å². The monoisotopic (exact) mass is 213 g/mol. The molecule has 0 bridgehead atoms. The van der Waals surface area contributed by atoms with Crippen LogP contribution in [0.25, 0.3) is 0 Å². The van der Waals surface area contributed by atoms with E-state index in [2.05, 4.69) is 42.4 Å². The lowest BCUT2D eigenvalue weighted by molar-refractivity contribution is 0.310. The maximum atomic E-state index is 5.39. The molecule has 0 radical (unpaired) electrons. The van der Waals surface area contributed by atoms with Crippen molar-refractivity contribution in [1.82, 2.24) is 5.32 Å². The Kier molecular flexibility index (Phi) is 3.64. The van der Waals surface area contributed by atoms with Gasteiger partial charge in [0.2, 0.25) is 0 Å². The lowest BCUT2D eigenvalue weighted by Gasteiger charge is -2.29. The third-order valence-corrected chi connectivity index (χ3v) is 3.40. The molecule has 0 saturated carbocycles. The molecule has 1 aliphatic heterocycles. The molecule has 1 heterocycles. The van der Waals surface area contributed by atoms with E-state index in [1.165, 1.54) is 24.0 Å². The minimum Gasteiger partial charge on any atom is -0.310 e. The molecule has 1 nitrogen and oxygen atoms in total. The van der Waals surface area contributed by atoms with Gasteiger partial charge in [-0.25, -0.2) is 0 Å². The molecule has 1 fully saturated rings. The summed E-state index contributed by atoms with van der Waals surface area (Å²) in [5.41, 5.74) is 2.71. The second kappa shape index (κ2) is 5.18. The smallest absolute Gasteiger partial charge is 0.0323 e. The van der Waals surface area contributed by atoms with Crippen molar-refractivity contribution in [2.45, 2.75) is 32.2 Å². The Morgan fingerprint density at radius 2 is 2.12 bits per heavy atom. The lowest BCUT2D eigenvalue weighted by atomic mass is 9.87. The van der Waals surface area contributed by atoms with E-state index in [0.29, 0.717) is 12.0 Å². The predicted molar refractivity (Wildman–Crippen MR) is 68.1 cm³/mol. The third-order valence-electron chi connectivity index (χ3n) is 3.40. The van der Waals surface area contributed by atoms with E-state index in [4.69, 9.17) is 6.42 Å². The van der Waals surface area contributed by atoms with Crippen LogP contribution in [-0.2, 0) is 0 Å². The molecule has 0 unspecified atom stereocenters. The maximum absolute atomic E-state index is 5.39. The molecule has 1 aromatic carbocycles. The van der Waals surface area contributed by atoms with Gasteiger partial charge in [-0.1, -0.05) is 29.8 Å². The van der Waals surface area contributed by atoms with E-state index < -0.39 is 0 Å². The second-order valence-corrected chi connectivity index (χ2v) is 4.72. The van der Waals surface area contributed by atoms with Crippen molar-refractivity contribution < 1.29 is 0 Å². The number of aryl methyl sites for hydroxylation is 1. The van der Waals surface area contributed by atoms with Gasteiger partial charge < -0.3 is 5.32 Å². The molecular weight excluding hydrogens is 194 g/mol. The fraction of sp³-hybridized carbons (Fsp3) is 0.467. The first-order valence-corrected chi connectivity index (χ1v) is 6.03. The minimum absolute atomic E-state index is 0.493. The van der Waals surface area contributed by atoms with Gasteiger partial charge in [-0.2, -0.15) is 0 Å². The third kappa shape index (κ3) is 2.65. The second-order valence-electron chi connectivity index (χ2n) is 4.72. The van der Waals surface area contributed by atoms with Crippen LogP contribution in [-0.4, -0.2) is 6.54 Å². The zero-order valence-electron chi connectivity index (χ0n) is 9.87. The number of piperidine rings is 1. The van der Waals surface area contributed by atoms with Gasteiger partial charge in [0.1, 0.15) is 0 Å². The molecule has 2 rings (SSSR count). The molecule has 1 saturated heterocycles. The Labute approximate surface area is 98.3 Å². The van der Waals surface area contributed by atoms with Gasteiger partial charge in [0, 0.05) is 12.5 Å². The number of benzene rings is 1. The average molecular weight is 213 g/mol. The van der Waals surface area contributed by atoms with Crippen molar-refractivity contribution in [2.75, 3.05) is 6.54 Å². The van der Waals surface area contributed by atoms with Crippen LogP contribution >= 0.6 is 0 Å². The summed E-state index contributed by atoms with van der Waals surface area (Å²) in [7, 11) is 0. The van der Waals surface area contributed by atoms with Gasteiger partial charge in [-0.3, -0.25) is 0 Å². The van der Waals surface area contributed by atoms with Crippen LogP contribution in [0, 0.1) is 25.2 Å². The SMILES string of the molecule is C#CC[C@H]1CCN[C@H](c2ccc(C)cc2)C1. The molecule has 0 spiro atoms. The largest absolute Gasteiger partial charge is 0.310 e. The van der Waals surface area contributed by atoms with Gasteiger partial charge in [-0.05, 0) is 37.8 Å². The Hall–Kier alpha value is -1.26. The zero-order valence-corrected chi connectivity index (χ0v) is 9.87. The molecule has 84 valence electrons. The van der Waals surface area contributed by atoms with E-state index in [9.17, 15) is 0 Å². The van der Waals surface area contributed by atoms with E-state index in [1.807, 2.05) is 0 Å². The first-order valence-electron chi connectivity index (χ1n) is 6.03. The molecular formula is C15H19N. The Morgan fingerprint density at radius 3 is 2.81 bits per heavy atom. The van der Waals surface area contributed by atoms with Crippen molar-refractivity contribution in [3.05, 3.63) is 35.4 Å². The van der Waals surface area contributed by atoms with Crippen LogP contribution in [0.5, 0.6) is 0 Å². The standard InChI is InChI=1S/C15H19N/c1-3-4-13-9-10-16-15(11-13)14-7-5-12(2)6-8-14/h1,5-8,13,15-16H,4,9-11H2,2H3/t13-,15-/m0/s1. The Balaban J connectivity index is 2.04. The predicted octanol–water partition coefficient (Wildman–Crippen LogP) is 3.06. The molecule has 0 amide bonds. The highest BCUT2D eigenvalue weighted by molar-refractivity contribution is 5.24. The molecule has 1 aromatic rings. The zero-order chi connectivity index (χ0) is 11.4. The topological polar surface area (TPSA) is 12.0 Å². The summed E-state index contributed by atoms with van der Waals surface area (Å²) in [6.45, 7) is 3.21. The highest BCUT2D eigenvalue weighted by Crippen LogP contribution is 2.28. The summed E-state index contributed by atoms with van der Waals surface area (Å²) in [6.07, 6.45) is 8.70. The maximum Gasteiger partial charge on any atom is 0.0323 e. The quantitative estimate of drug-likeness (QED) is 0.744. The summed E-state index contributed by atoms with van der Waals surface area (Å²) in [4.78, 5) is 0. The molecule has 0 aliphatic carbocycles. The summed E-state index contributed by atoms with van der Waals surface area (Å²) in [5.74, 6) is 3.48. The average Bonchev–Trinajstić information content (AvgIpc) is 2.31. The van der Waals surface area contributed by atoms with E-state index in [-0.39, 0.29) is 0 Å². The normalized spacial score (nSPS) is 25.0. The number of hydrogen-bond acceptors (Lipinski definition) is 1. The Morgan fingerprint density at radius 1 is 1.38 bits per heavy atom. The summed E-state index contributed by atoms with van der Waals surface area (Å²) in [5, 5.41) is 3.57. The van der Waals surface area contributed by atoms with Crippen LogP contribution in [0.2, 0.25) is 0 Å². The molecule has 1 aliphatic rings. The van der Waals surface area contributed by atoms with Crippen molar-refractivity contribution in [3.8, 4) is 12.3 Å².